The van der Waals surface area contributed by atoms with Crippen molar-refractivity contribution in [2.24, 2.45) is 5.92 Å². The summed E-state index contributed by atoms with van der Waals surface area (Å²) in [6.45, 7) is 5.06. The summed E-state index contributed by atoms with van der Waals surface area (Å²) in [5, 5.41) is 8.66. The van der Waals surface area contributed by atoms with Crippen molar-refractivity contribution in [3.63, 3.8) is 0 Å². The van der Waals surface area contributed by atoms with E-state index < -0.39 is 0 Å². The molecule has 0 radical (unpaired) electrons. The Hall–Kier alpha value is -0.0800. The van der Waals surface area contributed by atoms with Crippen LogP contribution in [0.5, 0.6) is 0 Å². The Kier molecular flexibility index (Phi) is 24.5. The van der Waals surface area contributed by atoms with Crippen LogP contribution in [-0.2, 0) is 4.74 Å². The highest BCUT2D eigenvalue weighted by Crippen LogP contribution is 2.16. The van der Waals surface area contributed by atoms with Crippen LogP contribution in [0, 0.1) is 5.92 Å². The SMILES string of the molecule is CCCC(C)CCCCCCCCCCCCO.COC. The van der Waals surface area contributed by atoms with Gasteiger partial charge >= 0.3 is 0 Å². The largest absolute Gasteiger partial charge is 0.396 e. The molecule has 21 heavy (non-hydrogen) atoms. The number of methoxy groups -OCH3 is 1. The first-order chi connectivity index (χ1) is 10.2. The second-order valence-electron chi connectivity index (χ2n) is 6.35. The Morgan fingerprint density at radius 2 is 1.10 bits per heavy atom. The zero-order chi connectivity index (χ0) is 16.2. The fourth-order valence-electron chi connectivity index (χ4n) is 2.66. The van der Waals surface area contributed by atoms with E-state index in [0.717, 1.165) is 12.3 Å². The maximum absolute atomic E-state index is 8.66. The lowest BCUT2D eigenvalue weighted by Crippen LogP contribution is -1.93. The van der Waals surface area contributed by atoms with Gasteiger partial charge in [0.05, 0.1) is 0 Å². The minimum Gasteiger partial charge on any atom is -0.396 e. The van der Waals surface area contributed by atoms with E-state index in [4.69, 9.17) is 5.11 Å². The molecule has 1 atom stereocenters. The van der Waals surface area contributed by atoms with Crippen LogP contribution in [0.3, 0.4) is 0 Å². The maximum Gasteiger partial charge on any atom is 0.0431 e. The summed E-state index contributed by atoms with van der Waals surface area (Å²) in [6.07, 6.45) is 17.7. The van der Waals surface area contributed by atoms with E-state index in [9.17, 15) is 0 Å². The molecule has 2 heteroatoms. The maximum atomic E-state index is 8.66. The van der Waals surface area contributed by atoms with E-state index in [-0.39, 0.29) is 0 Å². The number of hydrogen-bond donors (Lipinski definition) is 1. The van der Waals surface area contributed by atoms with Crippen molar-refractivity contribution in [1.29, 1.82) is 0 Å². The number of aliphatic hydroxyl groups excluding tert-OH is 1. The first kappa shape index (κ1) is 23.2. The molecule has 0 saturated heterocycles. The van der Waals surface area contributed by atoms with E-state index in [1.807, 2.05) is 0 Å². The van der Waals surface area contributed by atoms with Crippen LogP contribution in [0.25, 0.3) is 0 Å². The summed E-state index contributed by atoms with van der Waals surface area (Å²) >= 11 is 0. The minimum atomic E-state index is 0.371. The van der Waals surface area contributed by atoms with E-state index in [2.05, 4.69) is 18.6 Å². The molecule has 0 aliphatic heterocycles. The number of hydrogen-bond acceptors (Lipinski definition) is 2. The monoisotopic (exact) mass is 302 g/mol. The normalized spacial score (nSPS) is 11.9. The van der Waals surface area contributed by atoms with Crippen LogP contribution < -0.4 is 0 Å². The molecule has 0 fully saturated rings. The van der Waals surface area contributed by atoms with E-state index in [1.54, 1.807) is 14.2 Å². The molecule has 1 N–H and O–H groups in total. The molecule has 0 bridgehead atoms. The van der Waals surface area contributed by atoms with Gasteiger partial charge in [0, 0.05) is 20.8 Å². The van der Waals surface area contributed by atoms with Crippen molar-refractivity contribution < 1.29 is 9.84 Å². The molecule has 0 spiro atoms. The Balaban J connectivity index is 0. The van der Waals surface area contributed by atoms with Gasteiger partial charge in [-0.05, 0) is 12.3 Å². The van der Waals surface area contributed by atoms with E-state index in [1.165, 1.54) is 77.0 Å². The van der Waals surface area contributed by atoms with Crippen molar-refractivity contribution in [2.75, 3.05) is 20.8 Å². The Morgan fingerprint density at radius 3 is 1.48 bits per heavy atom. The molecule has 1 unspecified atom stereocenters. The molecular weight excluding hydrogens is 260 g/mol. The van der Waals surface area contributed by atoms with Crippen molar-refractivity contribution in [3.05, 3.63) is 0 Å². The first-order valence-corrected chi connectivity index (χ1v) is 9.23. The van der Waals surface area contributed by atoms with Crippen LogP contribution in [0.15, 0.2) is 0 Å². The quantitative estimate of drug-likeness (QED) is 0.401. The van der Waals surface area contributed by atoms with Crippen LogP contribution in [0.4, 0.5) is 0 Å². The summed E-state index contributed by atoms with van der Waals surface area (Å²) in [6, 6.07) is 0. The van der Waals surface area contributed by atoms with Crippen LogP contribution in [-0.4, -0.2) is 25.9 Å². The third-order valence-corrected chi connectivity index (χ3v) is 3.89. The lowest BCUT2D eigenvalue weighted by atomic mass is 9.98. The smallest absolute Gasteiger partial charge is 0.0431 e. The molecule has 0 aromatic rings. The van der Waals surface area contributed by atoms with Crippen LogP contribution >= 0.6 is 0 Å². The molecule has 0 aromatic heterocycles. The summed E-state index contributed by atoms with van der Waals surface area (Å²) in [5.41, 5.74) is 0. The van der Waals surface area contributed by atoms with Crippen molar-refractivity contribution in [1.82, 2.24) is 0 Å². The molecule has 0 saturated carbocycles. The van der Waals surface area contributed by atoms with E-state index >= 15 is 0 Å². The highest BCUT2D eigenvalue weighted by atomic mass is 16.4. The average molecular weight is 303 g/mol. The number of unbranched alkanes of at least 4 members (excludes halogenated alkanes) is 9. The molecule has 0 amide bonds. The highest BCUT2D eigenvalue weighted by Gasteiger charge is 1.99. The van der Waals surface area contributed by atoms with Crippen LogP contribution in [0.1, 0.15) is 97.3 Å². The molecule has 0 aliphatic carbocycles. The summed E-state index contributed by atoms with van der Waals surface area (Å²) in [5.74, 6) is 0.946. The number of rotatable bonds is 14. The van der Waals surface area contributed by atoms with Gasteiger partial charge in [-0.2, -0.15) is 0 Å². The van der Waals surface area contributed by atoms with Crippen molar-refractivity contribution in [2.45, 2.75) is 97.3 Å². The molecule has 0 rings (SSSR count). The predicted octanol–water partition coefficient (Wildman–Crippen LogP) is 5.97. The Labute approximate surface area is 134 Å². The van der Waals surface area contributed by atoms with Crippen LogP contribution in [0.2, 0.25) is 0 Å². The van der Waals surface area contributed by atoms with Gasteiger partial charge in [-0.3, -0.25) is 0 Å². The van der Waals surface area contributed by atoms with Gasteiger partial charge in [0.25, 0.3) is 0 Å². The highest BCUT2D eigenvalue weighted by molar-refractivity contribution is 4.53. The van der Waals surface area contributed by atoms with Gasteiger partial charge in [-0.15, -0.1) is 0 Å². The van der Waals surface area contributed by atoms with E-state index in [0.29, 0.717) is 6.61 Å². The summed E-state index contributed by atoms with van der Waals surface area (Å²) in [7, 11) is 3.25. The minimum absolute atomic E-state index is 0.371. The average Bonchev–Trinajstić information content (AvgIpc) is 2.46. The van der Waals surface area contributed by atoms with Gasteiger partial charge in [-0.25, -0.2) is 0 Å². The van der Waals surface area contributed by atoms with Crippen molar-refractivity contribution in [3.8, 4) is 0 Å². The fourth-order valence-corrected chi connectivity index (χ4v) is 2.66. The molecule has 0 heterocycles. The number of ether oxygens (including phenoxy) is 1. The fraction of sp³-hybridized carbons (Fsp3) is 1.00. The van der Waals surface area contributed by atoms with Crippen molar-refractivity contribution >= 4 is 0 Å². The zero-order valence-electron chi connectivity index (χ0n) is 15.3. The second-order valence-corrected chi connectivity index (χ2v) is 6.35. The van der Waals surface area contributed by atoms with Gasteiger partial charge in [0.15, 0.2) is 0 Å². The first-order valence-electron chi connectivity index (χ1n) is 9.23. The van der Waals surface area contributed by atoms with Gasteiger partial charge < -0.3 is 9.84 Å². The Morgan fingerprint density at radius 1 is 0.714 bits per heavy atom. The molecule has 0 aliphatic rings. The van der Waals surface area contributed by atoms with Gasteiger partial charge in [-0.1, -0.05) is 90.9 Å². The number of aliphatic hydroxyl groups is 1. The standard InChI is InChI=1S/C17H36O.C2H6O/c1-3-14-17(2)15-12-10-8-6-4-5-7-9-11-13-16-18;1-3-2/h17-18H,3-16H2,1-2H3;1-2H3. The zero-order valence-corrected chi connectivity index (χ0v) is 15.3. The lowest BCUT2D eigenvalue weighted by Gasteiger charge is -2.09. The lowest BCUT2D eigenvalue weighted by molar-refractivity contribution is 0.277. The third-order valence-electron chi connectivity index (χ3n) is 3.89. The topological polar surface area (TPSA) is 29.5 Å². The summed E-state index contributed by atoms with van der Waals surface area (Å²) < 4.78 is 4.25. The predicted molar refractivity (Wildman–Crippen MR) is 94.9 cm³/mol. The van der Waals surface area contributed by atoms with Gasteiger partial charge in [0.1, 0.15) is 0 Å². The molecule has 2 nitrogen and oxygen atoms in total. The Bertz CT molecular complexity index is 160. The molecular formula is C19H42O2. The van der Waals surface area contributed by atoms with Gasteiger partial charge in [0.2, 0.25) is 0 Å². The molecule has 130 valence electrons. The second kappa shape index (κ2) is 22.2. The summed E-state index contributed by atoms with van der Waals surface area (Å²) in [4.78, 5) is 0. The third kappa shape index (κ3) is 25.2. The molecule has 0 aromatic carbocycles.